The van der Waals surface area contributed by atoms with Crippen molar-refractivity contribution in [3.8, 4) is 5.88 Å². The molecule has 1 saturated heterocycles. The van der Waals surface area contributed by atoms with Crippen LogP contribution in [0.2, 0.25) is 0 Å². The number of carbonyl (C=O) groups excluding carboxylic acids is 2. The number of morpholine rings is 1. The summed E-state index contributed by atoms with van der Waals surface area (Å²) in [6.07, 6.45) is 1.61. The van der Waals surface area contributed by atoms with Crippen molar-refractivity contribution in [2.45, 2.75) is 39.2 Å². The average Bonchev–Trinajstić information content (AvgIpc) is 2.86. The van der Waals surface area contributed by atoms with Crippen LogP contribution in [0.15, 0.2) is 72.9 Å². The van der Waals surface area contributed by atoms with Crippen molar-refractivity contribution in [1.29, 1.82) is 0 Å². The number of rotatable bonds is 7. The zero-order chi connectivity index (χ0) is 23.9. The first-order valence-corrected chi connectivity index (χ1v) is 11.4. The molecule has 0 aliphatic carbocycles. The highest BCUT2D eigenvalue weighted by Gasteiger charge is 2.26. The smallest absolute Gasteiger partial charge is 0.254 e. The number of hydrogen-bond donors (Lipinski definition) is 1. The summed E-state index contributed by atoms with van der Waals surface area (Å²) >= 11 is 0. The summed E-state index contributed by atoms with van der Waals surface area (Å²) < 4.78 is 11.4. The fourth-order valence-electron chi connectivity index (χ4n) is 3.94. The first-order valence-electron chi connectivity index (χ1n) is 11.4. The molecule has 0 spiro atoms. The van der Waals surface area contributed by atoms with Crippen molar-refractivity contribution in [3.63, 3.8) is 0 Å². The van der Waals surface area contributed by atoms with E-state index in [-0.39, 0.29) is 24.0 Å². The first-order chi connectivity index (χ1) is 16.5. The van der Waals surface area contributed by atoms with E-state index in [2.05, 4.69) is 10.3 Å². The Morgan fingerprint density at radius 3 is 2.38 bits per heavy atom. The quantitative estimate of drug-likeness (QED) is 0.581. The Morgan fingerprint density at radius 2 is 1.68 bits per heavy atom. The van der Waals surface area contributed by atoms with Gasteiger partial charge in [-0.25, -0.2) is 4.98 Å². The predicted octanol–water partition coefficient (Wildman–Crippen LogP) is 3.84. The fourth-order valence-corrected chi connectivity index (χ4v) is 3.94. The molecule has 7 heteroatoms. The predicted molar refractivity (Wildman–Crippen MR) is 129 cm³/mol. The van der Waals surface area contributed by atoms with E-state index in [1.165, 1.54) is 0 Å². The van der Waals surface area contributed by atoms with Gasteiger partial charge in [-0.3, -0.25) is 9.59 Å². The highest BCUT2D eigenvalue weighted by molar-refractivity contribution is 5.95. The topological polar surface area (TPSA) is 80.8 Å². The second-order valence-electron chi connectivity index (χ2n) is 8.50. The summed E-state index contributed by atoms with van der Waals surface area (Å²) in [6, 6.07) is 20.4. The lowest BCUT2D eigenvalue weighted by Gasteiger charge is -2.35. The second-order valence-corrected chi connectivity index (χ2v) is 8.50. The molecule has 34 heavy (non-hydrogen) atoms. The normalized spacial score (nSPS) is 17.8. The maximum absolute atomic E-state index is 12.8. The molecule has 1 aliphatic heterocycles. The molecule has 2 aromatic carbocycles. The average molecular weight is 460 g/mol. The van der Waals surface area contributed by atoms with Crippen molar-refractivity contribution in [1.82, 2.24) is 15.2 Å². The van der Waals surface area contributed by atoms with E-state index in [0.29, 0.717) is 43.2 Å². The van der Waals surface area contributed by atoms with Crippen LogP contribution in [-0.4, -0.2) is 47.0 Å². The molecule has 1 aromatic heterocycles. The minimum atomic E-state index is -0.219. The molecular weight excluding hydrogens is 430 g/mol. The maximum atomic E-state index is 12.8. The van der Waals surface area contributed by atoms with Gasteiger partial charge in [0.25, 0.3) is 11.8 Å². The van der Waals surface area contributed by atoms with Gasteiger partial charge in [0.15, 0.2) is 0 Å². The van der Waals surface area contributed by atoms with Gasteiger partial charge in [0.2, 0.25) is 5.88 Å². The van der Waals surface area contributed by atoms with E-state index in [1.54, 1.807) is 30.5 Å². The SMILES string of the molecule is CC1CN(C(=O)c2ccc(CNC(=O)c3ccnc(OCc4ccccc4)c3)cc2)CC(C)O1. The summed E-state index contributed by atoms with van der Waals surface area (Å²) in [5.74, 6) is 0.173. The zero-order valence-electron chi connectivity index (χ0n) is 19.4. The number of hydrogen-bond acceptors (Lipinski definition) is 5. The van der Waals surface area contributed by atoms with Crippen LogP contribution in [0.5, 0.6) is 5.88 Å². The van der Waals surface area contributed by atoms with Gasteiger partial charge in [-0.1, -0.05) is 42.5 Å². The molecular formula is C27H29N3O4. The standard InChI is InChI=1S/C27H29N3O4/c1-19-16-30(17-20(2)34-19)27(32)23-10-8-21(9-11-23)15-29-26(31)24-12-13-28-25(14-24)33-18-22-6-4-3-5-7-22/h3-14,19-20H,15-18H2,1-2H3,(H,29,31). The number of ether oxygens (including phenoxy) is 2. The third-order valence-electron chi connectivity index (χ3n) is 5.59. The third kappa shape index (κ3) is 6.20. The molecule has 0 radical (unpaired) electrons. The molecule has 0 bridgehead atoms. The molecule has 2 heterocycles. The highest BCUT2D eigenvalue weighted by atomic mass is 16.5. The number of pyridine rings is 1. The lowest BCUT2D eigenvalue weighted by atomic mass is 10.1. The van der Waals surface area contributed by atoms with Gasteiger partial charge in [0.05, 0.1) is 12.2 Å². The molecule has 0 saturated carbocycles. The zero-order valence-corrected chi connectivity index (χ0v) is 19.4. The summed E-state index contributed by atoms with van der Waals surface area (Å²) in [4.78, 5) is 31.4. The molecule has 176 valence electrons. The molecule has 1 N–H and O–H groups in total. The van der Waals surface area contributed by atoms with Crippen LogP contribution < -0.4 is 10.1 Å². The van der Waals surface area contributed by atoms with Gasteiger partial charge in [0, 0.05) is 43.0 Å². The Bertz CT molecular complexity index is 1110. The van der Waals surface area contributed by atoms with Crippen LogP contribution in [0, 0.1) is 0 Å². The molecule has 2 atom stereocenters. The summed E-state index contributed by atoms with van der Waals surface area (Å²) in [7, 11) is 0. The van der Waals surface area contributed by atoms with Gasteiger partial charge in [-0.15, -0.1) is 0 Å². The van der Waals surface area contributed by atoms with Gasteiger partial charge in [0.1, 0.15) is 6.61 Å². The Morgan fingerprint density at radius 1 is 0.971 bits per heavy atom. The summed E-state index contributed by atoms with van der Waals surface area (Å²) in [5.41, 5.74) is 3.04. The maximum Gasteiger partial charge on any atom is 0.254 e. The number of nitrogens with one attached hydrogen (secondary N) is 1. The Kier molecular flexibility index (Phi) is 7.54. The first kappa shape index (κ1) is 23.4. The molecule has 1 aliphatic rings. The van der Waals surface area contributed by atoms with Crippen LogP contribution in [-0.2, 0) is 17.9 Å². The van der Waals surface area contributed by atoms with E-state index < -0.39 is 0 Å². The Labute approximate surface area is 199 Å². The van der Waals surface area contributed by atoms with E-state index in [0.717, 1.165) is 11.1 Å². The molecule has 4 rings (SSSR count). The molecule has 2 unspecified atom stereocenters. The van der Waals surface area contributed by atoms with Gasteiger partial charge in [-0.05, 0) is 43.2 Å². The number of amides is 2. The van der Waals surface area contributed by atoms with E-state index in [1.807, 2.05) is 61.2 Å². The van der Waals surface area contributed by atoms with Crippen molar-refractivity contribution in [2.75, 3.05) is 13.1 Å². The van der Waals surface area contributed by atoms with E-state index in [9.17, 15) is 9.59 Å². The lowest BCUT2D eigenvalue weighted by molar-refractivity contribution is -0.0586. The minimum Gasteiger partial charge on any atom is -0.473 e. The Balaban J connectivity index is 1.30. The number of carbonyl (C=O) groups is 2. The van der Waals surface area contributed by atoms with E-state index in [4.69, 9.17) is 9.47 Å². The monoisotopic (exact) mass is 459 g/mol. The number of nitrogens with zero attached hydrogens (tertiary/aromatic N) is 2. The van der Waals surface area contributed by atoms with E-state index >= 15 is 0 Å². The second kappa shape index (κ2) is 10.9. The van der Waals surface area contributed by atoms with Crippen molar-refractivity contribution < 1.29 is 19.1 Å². The minimum absolute atomic E-state index is 0.00240. The van der Waals surface area contributed by atoms with Gasteiger partial charge >= 0.3 is 0 Å². The van der Waals surface area contributed by atoms with Crippen molar-refractivity contribution in [2.24, 2.45) is 0 Å². The Hall–Kier alpha value is -3.71. The van der Waals surface area contributed by atoms with Gasteiger partial charge < -0.3 is 19.7 Å². The molecule has 1 fully saturated rings. The van der Waals surface area contributed by atoms with Crippen LogP contribution in [0.25, 0.3) is 0 Å². The summed E-state index contributed by atoms with van der Waals surface area (Å²) in [5, 5.41) is 2.91. The number of aromatic nitrogens is 1. The third-order valence-corrected chi connectivity index (χ3v) is 5.59. The highest BCUT2D eigenvalue weighted by Crippen LogP contribution is 2.16. The molecule has 2 amide bonds. The van der Waals surface area contributed by atoms with Crippen LogP contribution in [0.1, 0.15) is 45.7 Å². The largest absolute Gasteiger partial charge is 0.473 e. The van der Waals surface area contributed by atoms with Gasteiger partial charge in [-0.2, -0.15) is 0 Å². The van der Waals surface area contributed by atoms with Crippen LogP contribution in [0.4, 0.5) is 0 Å². The molecule has 3 aromatic rings. The molecule has 7 nitrogen and oxygen atoms in total. The number of benzene rings is 2. The van der Waals surface area contributed by atoms with Crippen LogP contribution >= 0.6 is 0 Å². The summed E-state index contributed by atoms with van der Waals surface area (Å²) in [6.45, 7) is 5.85. The fraction of sp³-hybridized carbons (Fsp3) is 0.296. The van der Waals surface area contributed by atoms with Crippen LogP contribution in [0.3, 0.4) is 0 Å². The van der Waals surface area contributed by atoms with Crippen molar-refractivity contribution >= 4 is 11.8 Å². The lowest BCUT2D eigenvalue weighted by Crippen LogP contribution is -2.48. The van der Waals surface area contributed by atoms with Crippen molar-refractivity contribution in [3.05, 3.63) is 95.2 Å².